The normalized spacial score (nSPS) is 13.3. The second-order valence-electron chi connectivity index (χ2n) is 5.66. The van der Waals surface area contributed by atoms with Crippen molar-refractivity contribution in [1.29, 1.82) is 0 Å². The Kier molecular flexibility index (Phi) is 5.88. The van der Waals surface area contributed by atoms with E-state index in [2.05, 4.69) is 50.4 Å². The zero-order valence-corrected chi connectivity index (χ0v) is 13.0. The monoisotopic (exact) mass is 280 g/mol. The van der Waals surface area contributed by atoms with Gasteiger partial charge >= 0.3 is 0 Å². The van der Waals surface area contributed by atoms with Crippen molar-refractivity contribution in [3.63, 3.8) is 0 Å². The molecule has 1 amide bonds. The Labute approximate surface area is 120 Å². The van der Waals surface area contributed by atoms with Gasteiger partial charge in [-0.1, -0.05) is 19.1 Å². The highest BCUT2D eigenvalue weighted by Crippen LogP contribution is 2.25. The molecular formula is C15H24N2OS. The number of nitrogens with two attached hydrogens (primary N) is 1. The van der Waals surface area contributed by atoms with Crippen molar-refractivity contribution in [2.75, 3.05) is 0 Å². The number of nitrogens with one attached hydrogen (secondary N) is 1. The number of rotatable bonds is 6. The molecule has 4 heteroatoms. The molecule has 0 aliphatic rings. The van der Waals surface area contributed by atoms with E-state index in [-0.39, 0.29) is 16.7 Å². The molecule has 1 aromatic carbocycles. The quantitative estimate of drug-likeness (QED) is 0.788. The van der Waals surface area contributed by atoms with E-state index in [1.807, 2.05) is 6.92 Å². The van der Waals surface area contributed by atoms with Crippen LogP contribution in [0.25, 0.3) is 0 Å². The molecule has 0 saturated heterocycles. The van der Waals surface area contributed by atoms with Crippen LogP contribution in [0.4, 0.5) is 0 Å². The van der Waals surface area contributed by atoms with Crippen molar-refractivity contribution < 1.29 is 4.79 Å². The number of amides is 1. The van der Waals surface area contributed by atoms with Crippen molar-refractivity contribution in [3.8, 4) is 0 Å². The fourth-order valence-corrected chi connectivity index (χ4v) is 2.46. The van der Waals surface area contributed by atoms with E-state index in [0.717, 1.165) is 17.9 Å². The molecule has 106 valence electrons. The molecule has 19 heavy (non-hydrogen) atoms. The molecule has 0 aliphatic heterocycles. The summed E-state index contributed by atoms with van der Waals surface area (Å²) in [5, 5.41) is 3.31. The van der Waals surface area contributed by atoms with Gasteiger partial charge in [-0.2, -0.15) is 0 Å². The summed E-state index contributed by atoms with van der Waals surface area (Å²) in [5.41, 5.74) is 6.71. The Morgan fingerprint density at radius 2 is 1.89 bits per heavy atom. The Balaban J connectivity index is 2.59. The maximum atomic E-state index is 11.2. The first-order valence-corrected chi connectivity index (χ1v) is 7.49. The Morgan fingerprint density at radius 3 is 2.32 bits per heavy atom. The number of thioether (sulfide) groups is 1. The molecule has 0 bridgehead atoms. The SMILES string of the molecule is CCC(Sc1ccc(CNC(C)(C)C)cc1)C(N)=O. The van der Waals surface area contributed by atoms with Gasteiger partial charge in [0.15, 0.2) is 0 Å². The van der Waals surface area contributed by atoms with E-state index in [9.17, 15) is 4.79 Å². The lowest BCUT2D eigenvalue weighted by molar-refractivity contribution is -0.117. The summed E-state index contributed by atoms with van der Waals surface area (Å²) >= 11 is 1.53. The van der Waals surface area contributed by atoms with Gasteiger partial charge in [0.25, 0.3) is 0 Å². The molecule has 3 N–H and O–H groups in total. The van der Waals surface area contributed by atoms with Crippen LogP contribution in [0.3, 0.4) is 0 Å². The van der Waals surface area contributed by atoms with Crippen LogP contribution in [-0.2, 0) is 11.3 Å². The predicted octanol–water partition coefficient (Wildman–Crippen LogP) is 2.93. The molecule has 1 aromatic rings. The number of benzene rings is 1. The van der Waals surface area contributed by atoms with E-state index in [1.165, 1.54) is 17.3 Å². The second-order valence-corrected chi connectivity index (χ2v) is 6.94. The highest BCUT2D eigenvalue weighted by molar-refractivity contribution is 8.00. The lowest BCUT2D eigenvalue weighted by Gasteiger charge is -2.20. The molecule has 0 saturated carbocycles. The van der Waals surface area contributed by atoms with Crippen LogP contribution in [0.1, 0.15) is 39.7 Å². The number of hydrogen-bond donors (Lipinski definition) is 2. The summed E-state index contributed by atoms with van der Waals surface area (Å²) in [5.74, 6) is -0.244. The van der Waals surface area contributed by atoms with Crippen molar-refractivity contribution >= 4 is 17.7 Å². The summed E-state index contributed by atoms with van der Waals surface area (Å²) in [7, 11) is 0. The van der Waals surface area contributed by atoms with Crippen molar-refractivity contribution in [3.05, 3.63) is 29.8 Å². The maximum Gasteiger partial charge on any atom is 0.230 e. The summed E-state index contributed by atoms with van der Waals surface area (Å²) < 4.78 is 0. The average molecular weight is 280 g/mol. The van der Waals surface area contributed by atoms with E-state index < -0.39 is 0 Å². The third-order valence-electron chi connectivity index (χ3n) is 2.71. The van der Waals surface area contributed by atoms with Gasteiger partial charge < -0.3 is 11.1 Å². The van der Waals surface area contributed by atoms with Crippen LogP contribution in [0.5, 0.6) is 0 Å². The molecule has 0 fully saturated rings. The second kappa shape index (κ2) is 6.96. The van der Waals surface area contributed by atoms with Crippen LogP contribution in [0, 0.1) is 0 Å². The summed E-state index contributed by atoms with van der Waals surface area (Å²) in [4.78, 5) is 12.3. The minimum absolute atomic E-state index is 0.118. The van der Waals surface area contributed by atoms with Gasteiger partial charge in [-0.15, -0.1) is 11.8 Å². The summed E-state index contributed by atoms with van der Waals surface area (Å²) in [6.07, 6.45) is 0.757. The Morgan fingerprint density at radius 1 is 1.32 bits per heavy atom. The molecule has 0 heterocycles. The van der Waals surface area contributed by atoms with Crippen LogP contribution in [0.15, 0.2) is 29.2 Å². The highest BCUT2D eigenvalue weighted by Gasteiger charge is 2.14. The van der Waals surface area contributed by atoms with Crippen molar-refractivity contribution in [2.24, 2.45) is 5.73 Å². The van der Waals surface area contributed by atoms with Gasteiger partial charge in [0.2, 0.25) is 5.91 Å². The van der Waals surface area contributed by atoms with Gasteiger partial charge in [0, 0.05) is 17.0 Å². The first-order chi connectivity index (χ1) is 8.81. The smallest absolute Gasteiger partial charge is 0.230 e. The predicted molar refractivity (Wildman–Crippen MR) is 82.2 cm³/mol. The van der Waals surface area contributed by atoms with E-state index in [4.69, 9.17) is 5.73 Å². The average Bonchev–Trinajstić information content (AvgIpc) is 2.33. The maximum absolute atomic E-state index is 11.2. The van der Waals surface area contributed by atoms with Gasteiger partial charge in [0.1, 0.15) is 0 Å². The van der Waals surface area contributed by atoms with Crippen LogP contribution >= 0.6 is 11.8 Å². The number of carbonyl (C=O) groups excluding carboxylic acids is 1. The molecule has 1 rings (SSSR count). The molecule has 1 unspecified atom stereocenters. The van der Waals surface area contributed by atoms with Crippen molar-refractivity contribution in [2.45, 2.75) is 56.3 Å². The number of primary amides is 1. The van der Waals surface area contributed by atoms with Crippen LogP contribution in [0.2, 0.25) is 0 Å². The molecule has 0 spiro atoms. The minimum atomic E-state index is -0.244. The Hall–Kier alpha value is -1.00. The number of hydrogen-bond acceptors (Lipinski definition) is 3. The number of carbonyl (C=O) groups is 1. The fourth-order valence-electron chi connectivity index (χ4n) is 1.56. The molecular weight excluding hydrogens is 256 g/mol. The zero-order valence-electron chi connectivity index (χ0n) is 12.2. The largest absolute Gasteiger partial charge is 0.369 e. The summed E-state index contributed by atoms with van der Waals surface area (Å²) in [6.45, 7) is 9.27. The third-order valence-corrected chi connectivity index (χ3v) is 4.11. The lowest BCUT2D eigenvalue weighted by Crippen LogP contribution is -2.35. The minimum Gasteiger partial charge on any atom is -0.369 e. The van der Waals surface area contributed by atoms with Gasteiger partial charge in [-0.05, 0) is 44.9 Å². The zero-order chi connectivity index (χ0) is 14.5. The van der Waals surface area contributed by atoms with E-state index in [1.54, 1.807) is 0 Å². The highest BCUT2D eigenvalue weighted by atomic mass is 32.2. The first kappa shape index (κ1) is 16.1. The standard InChI is InChI=1S/C15H24N2OS/c1-5-13(14(16)18)19-12-8-6-11(7-9-12)10-17-15(2,3)4/h6-9,13,17H,5,10H2,1-4H3,(H2,16,18). The molecule has 0 aliphatic carbocycles. The molecule has 0 radical (unpaired) electrons. The van der Waals surface area contributed by atoms with Gasteiger partial charge in [-0.25, -0.2) is 0 Å². The third kappa shape index (κ3) is 6.12. The lowest BCUT2D eigenvalue weighted by atomic mass is 10.1. The van der Waals surface area contributed by atoms with Crippen LogP contribution < -0.4 is 11.1 Å². The van der Waals surface area contributed by atoms with Gasteiger partial charge in [-0.3, -0.25) is 4.79 Å². The Bertz CT molecular complexity index is 409. The van der Waals surface area contributed by atoms with E-state index >= 15 is 0 Å². The molecule has 1 atom stereocenters. The first-order valence-electron chi connectivity index (χ1n) is 6.62. The van der Waals surface area contributed by atoms with Gasteiger partial charge in [0.05, 0.1) is 5.25 Å². The molecule has 0 aromatic heterocycles. The van der Waals surface area contributed by atoms with Crippen molar-refractivity contribution in [1.82, 2.24) is 5.32 Å². The fraction of sp³-hybridized carbons (Fsp3) is 0.533. The topological polar surface area (TPSA) is 55.1 Å². The molecule has 3 nitrogen and oxygen atoms in total. The van der Waals surface area contributed by atoms with E-state index in [0.29, 0.717) is 0 Å². The summed E-state index contributed by atoms with van der Waals surface area (Å²) in [6, 6.07) is 8.29. The van der Waals surface area contributed by atoms with Crippen LogP contribution in [-0.4, -0.2) is 16.7 Å².